The summed E-state index contributed by atoms with van der Waals surface area (Å²) in [7, 11) is 0. The van der Waals surface area contributed by atoms with Gasteiger partial charge in [-0.1, -0.05) is 12.1 Å². The summed E-state index contributed by atoms with van der Waals surface area (Å²) < 4.78 is 2.17. The van der Waals surface area contributed by atoms with Crippen LogP contribution in [0.1, 0.15) is 47.5 Å². The summed E-state index contributed by atoms with van der Waals surface area (Å²) in [6.45, 7) is 4.90. The third-order valence-electron chi connectivity index (χ3n) is 7.95. The average molecular weight is 447 g/mol. The molecular formula is C25H30N6O2. The van der Waals surface area contributed by atoms with Crippen LogP contribution in [-0.4, -0.2) is 60.6 Å². The number of amides is 1. The zero-order valence-corrected chi connectivity index (χ0v) is 18.8. The SMILES string of the molecule is NC(=O)c1cncc2c3ccc(C4CCNCC4)cc3n(N3CCC(=O)[C@]4(CCNC4)C3)c12. The van der Waals surface area contributed by atoms with E-state index in [1.807, 2.05) is 6.20 Å². The molecule has 3 aliphatic rings. The van der Waals surface area contributed by atoms with Crippen LogP contribution in [0.15, 0.2) is 30.6 Å². The Morgan fingerprint density at radius 1 is 1.12 bits per heavy atom. The van der Waals surface area contributed by atoms with Gasteiger partial charge in [0, 0.05) is 49.2 Å². The van der Waals surface area contributed by atoms with Crippen LogP contribution in [0.5, 0.6) is 0 Å². The van der Waals surface area contributed by atoms with Gasteiger partial charge in [-0.15, -0.1) is 0 Å². The molecule has 172 valence electrons. The Hall–Kier alpha value is -2.97. The lowest BCUT2D eigenvalue weighted by atomic mass is 9.78. The maximum absolute atomic E-state index is 12.9. The molecule has 33 heavy (non-hydrogen) atoms. The molecule has 3 saturated heterocycles. The standard InChI is InChI=1S/C25H30N6O2/c26-24(33)20-13-29-12-19-18-2-1-17(16-3-7-27-8-4-16)11-21(18)31(23(19)20)30-10-5-22(32)25(15-30)6-9-28-14-25/h1-2,11-13,16,27-28H,3-10,14-15H2,(H2,26,33)/t25-/m0/s1. The Labute approximate surface area is 192 Å². The first-order chi connectivity index (χ1) is 16.1. The maximum atomic E-state index is 12.9. The van der Waals surface area contributed by atoms with Crippen LogP contribution < -0.4 is 21.4 Å². The molecule has 1 amide bonds. The predicted molar refractivity (Wildman–Crippen MR) is 128 cm³/mol. The molecule has 6 rings (SSSR count). The third-order valence-corrected chi connectivity index (χ3v) is 7.95. The minimum atomic E-state index is -0.485. The van der Waals surface area contributed by atoms with Crippen LogP contribution in [0.4, 0.5) is 0 Å². The number of fused-ring (bicyclic) bond motifs is 3. The number of pyridine rings is 1. The molecule has 0 saturated carbocycles. The number of ketones is 1. The van der Waals surface area contributed by atoms with Gasteiger partial charge in [-0.2, -0.15) is 0 Å². The second kappa shape index (κ2) is 7.81. The van der Waals surface area contributed by atoms with Crippen LogP contribution in [0.2, 0.25) is 0 Å². The molecule has 1 atom stereocenters. The molecule has 0 bridgehead atoms. The number of piperidine rings is 2. The summed E-state index contributed by atoms with van der Waals surface area (Å²) in [5.41, 5.74) is 9.04. The average Bonchev–Trinajstić information content (AvgIpc) is 3.44. The number of primary amides is 1. The van der Waals surface area contributed by atoms with Gasteiger partial charge in [-0.25, -0.2) is 0 Å². The smallest absolute Gasteiger partial charge is 0.252 e. The Kier molecular flexibility index (Phi) is 4.88. The number of carbonyl (C=O) groups is 2. The van der Waals surface area contributed by atoms with Gasteiger partial charge in [-0.05, 0) is 56.4 Å². The topological polar surface area (TPSA) is 105 Å². The van der Waals surface area contributed by atoms with Crippen molar-refractivity contribution < 1.29 is 9.59 Å². The van der Waals surface area contributed by atoms with Gasteiger partial charge in [0.05, 0.1) is 22.0 Å². The normalized spacial score (nSPS) is 24.4. The van der Waals surface area contributed by atoms with E-state index >= 15 is 0 Å². The highest BCUT2D eigenvalue weighted by atomic mass is 16.1. The lowest BCUT2D eigenvalue weighted by Crippen LogP contribution is -2.54. The van der Waals surface area contributed by atoms with Gasteiger partial charge in [0.2, 0.25) is 0 Å². The van der Waals surface area contributed by atoms with Gasteiger partial charge < -0.3 is 21.4 Å². The molecule has 3 aliphatic heterocycles. The summed E-state index contributed by atoms with van der Waals surface area (Å²) in [4.78, 5) is 29.7. The van der Waals surface area contributed by atoms with Crippen LogP contribution in [0, 0.1) is 5.41 Å². The largest absolute Gasteiger partial charge is 0.365 e. The molecular weight excluding hydrogens is 416 g/mol. The fraction of sp³-hybridized carbons (Fsp3) is 0.480. The van der Waals surface area contributed by atoms with E-state index in [-0.39, 0.29) is 5.41 Å². The molecule has 1 spiro atoms. The van der Waals surface area contributed by atoms with E-state index in [1.165, 1.54) is 5.56 Å². The Morgan fingerprint density at radius 3 is 2.73 bits per heavy atom. The summed E-state index contributed by atoms with van der Waals surface area (Å²) in [5, 5.41) is 11.1. The number of Topliss-reactive ketones (excluding diaryl/α,β-unsaturated/α-hetero) is 1. The first-order valence-electron chi connectivity index (χ1n) is 12.0. The van der Waals surface area contributed by atoms with Crippen molar-refractivity contribution >= 4 is 33.5 Å². The number of hydrogen-bond acceptors (Lipinski definition) is 6. The lowest BCUT2D eigenvalue weighted by molar-refractivity contribution is -0.128. The van der Waals surface area contributed by atoms with E-state index in [1.54, 1.807) is 6.20 Å². The van der Waals surface area contributed by atoms with Crippen molar-refractivity contribution in [1.82, 2.24) is 20.3 Å². The molecule has 3 aromatic rings. The van der Waals surface area contributed by atoms with E-state index in [0.29, 0.717) is 43.3 Å². The minimum Gasteiger partial charge on any atom is -0.365 e. The van der Waals surface area contributed by atoms with Gasteiger partial charge >= 0.3 is 0 Å². The fourth-order valence-electron chi connectivity index (χ4n) is 6.13. The van der Waals surface area contributed by atoms with Crippen LogP contribution >= 0.6 is 0 Å². The monoisotopic (exact) mass is 446 g/mol. The van der Waals surface area contributed by atoms with Gasteiger partial charge in [0.15, 0.2) is 0 Å². The highest BCUT2D eigenvalue weighted by molar-refractivity contribution is 6.15. The van der Waals surface area contributed by atoms with E-state index in [0.717, 1.165) is 60.7 Å². The molecule has 0 aliphatic carbocycles. The van der Waals surface area contributed by atoms with E-state index in [4.69, 9.17) is 5.73 Å². The highest BCUT2D eigenvalue weighted by Crippen LogP contribution is 2.38. The van der Waals surface area contributed by atoms with Gasteiger partial charge in [0.1, 0.15) is 5.78 Å². The summed E-state index contributed by atoms with van der Waals surface area (Å²) in [6.07, 6.45) is 6.99. The zero-order valence-electron chi connectivity index (χ0n) is 18.8. The summed E-state index contributed by atoms with van der Waals surface area (Å²) in [6, 6.07) is 6.67. The van der Waals surface area contributed by atoms with E-state index in [9.17, 15) is 9.59 Å². The highest BCUT2D eigenvalue weighted by Gasteiger charge is 2.45. The van der Waals surface area contributed by atoms with Gasteiger partial charge in [-0.3, -0.25) is 19.2 Å². The quantitative estimate of drug-likeness (QED) is 0.565. The van der Waals surface area contributed by atoms with Crippen molar-refractivity contribution in [3.8, 4) is 0 Å². The second-order valence-electron chi connectivity index (χ2n) is 9.83. The molecule has 3 fully saturated rings. The van der Waals surface area contributed by atoms with Crippen molar-refractivity contribution in [2.45, 2.75) is 31.6 Å². The molecule has 8 heteroatoms. The number of carbonyl (C=O) groups excluding carboxylic acids is 2. The van der Waals surface area contributed by atoms with Crippen molar-refractivity contribution in [3.63, 3.8) is 0 Å². The van der Waals surface area contributed by atoms with Crippen molar-refractivity contribution in [2.24, 2.45) is 11.1 Å². The molecule has 2 aromatic heterocycles. The molecule has 1 aromatic carbocycles. The zero-order chi connectivity index (χ0) is 22.6. The number of nitrogens with two attached hydrogens (primary N) is 1. The molecule has 0 unspecified atom stereocenters. The van der Waals surface area contributed by atoms with Crippen molar-refractivity contribution in [2.75, 3.05) is 44.3 Å². The molecule has 4 N–H and O–H groups in total. The molecule has 0 radical (unpaired) electrons. The third kappa shape index (κ3) is 3.23. The van der Waals surface area contributed by atoms with Crippen LogP contribution in [-0.2, 0) is 4.79 Å². The number of aromatic nitrogens is 2. The summed E-state index contributed by atoms with van der Waals surface area (Å²) in [5.74, 6) is 0.377. The van der Waals surface area contributed by atoms with Gasteiger partial charge in [0.25, 0.3) is 5.91 Å². The number of nitrogens with zero attached hydrogens (tertiary/aromatic N) is 3. The number of hydrogen-bond donors (Lipinski definition) is 3. The number of nitrogens with one attached hydrogen (secondary N) is 2. The second-order valence-corrected chi connectivity index (χ2v) is 9.83. The minimum absolute atomic E-state index is 0.344. The molecule has 5 heterocycles. The fourth-order valence-corrected chi connectivity index (χ4v) is 6.13. The maximum Gasteiger partial charge on any atom is 0.252 e. The van der Waals surface area contributed by atoms with Crippen LogP contribution in [0.3, 0.4) is 0 Å². The Bertz CT molecular complexity index is 1250. The summed E-state index contributed by atoms with van der Waals surface area (Å²) >= 11 is 0. The van der Waals surface area contributed by atoms with E-state index in [2.05, 4.69) is 43.5 Å². The predicted octanol–water partition coefficient (Wildman–Crippen LogP) is 1.65. The van der Waals surface area contributed by atoms with Crippen LogP contribution in [0.25, 0.3) is 21.8 Å². The Morgan fingerprint density at radius 2 is 1.97 bits per heavy atom. The molecule has 8 nitrogen and oxygen atoms in total. The first kappa shape index (κ1) is 20.6. The van der Waals surface area contributed by atoms with Crippen molar-refractivity contribution in [1.29, 1.82) is 0 Å². The Balaban J connectivity index is 1.57. The van der Waals surface area contributed by atoms with Crippen molar-refractivity contribution in [3.05, 3.63) is 41.7 Å². The first-order valence-corrected chi connectivity index (χ1v) is 12.0. The number of benzene rings is 1. The van der Waals surface area contributed by atoms with E-state index < -0.39 is 5.91 Å². The number of rotatable bonds is 3. The lowest BCUT2D eigenvalue weighted by Gasteiger charge is -2.41.